The monoisotopic (exact) mass is 529 g/mol. The molecule has 0 saturated carbocycles. The molecule has 1 aliphatic heterocycles. The second-order valence-electron chi connectivity index (χ2n) is 10.4. The Morgan fingerprint density at radius 3 is 2.51 bits per heavy atom. The summed E-state index contributed by atoms with van der Waals surface area (Å²) < 4.78 is 4.48. The van der Waals surface area contributed by atoms with Crippen LogP contribution in [0.15, 0.2) is 64.8 Å². The average molecular weight is 530 g/mol. The SMILES string of the molecule is C=CCn1c(=O)c2cnc(Nc3ccc(N4C[C@H](C)N(C)C[C@H]4C)cc3)nc2n1-c1ccc(=O)n(C(C)C)n1. The van der Waals surface area contributed by atoms with Crippen LogP contribution in [0, 0.1) is 0 Å². The Labute approximate surface area is 227 Å². The minimum Gasteiger partial charge on any atom is -0.366 e. The first-order chi connectivity index (χ1) is 18.7. The molecule has 11 nitrogen and oxygen atoms in total. The molecule has 3 aromatic heterocycles. The minimum atomic E-state index is -0.263. The van der Waals surface area contributed by atoms with Gasteiger partial charge in [0.2, 0.25) is 5.95 Å². The Kier molecular flexibility index (Phi) is 7.09. The predicted molar refractivity (Wildman–Crippen MR) is 154 cm³/mol. The Bertz CT molecular complexity index is 1620. The van der Waals surface area contributed by atoms with Gasteiger partial charge in [0.05, 0.1) is 12.6 Å². The van der Waals surface area contributed by atoms with Crippen molar-refractivity contribution in [2.45, 2.75) is 52.4 Å². The lowest BCUT2D eigenvalue weighted by Crippen LogP contribution is -2.55. The van der Waals surface area contributed by atoms with E-state index in [4.69, 9.17) is 4.98 Å². The van der Waals surface area contributed by atoms with Gasteiger partial charge in [0.25, 0.3) is 11.1 Å². The number of nitrogens with one attached hydrogen (secondary N) is 1. The summed E-state index contributed by atoms with van der Waals surface area (Å²) in [6, 6.07) is 12.0. The van der Waals surface area contributed by atoms with Crippen molar-refractivity contribution in [1.29, 1.82) is 0 Å². The normalized spacial score (nSPS) is 18.2. The van der Waals surface area contributed by atoms with Gasteiger partial charge in [-0.25, -0.2) is 19.0 Å². The van der Waals surface area contributed by atoms with Crippen molar-refractivity contribution in [3.63, 3.8) is 0 Å². The molecule has 1 saturated heterocycles. The fourth-order valence-corrected chi connectivity index (χ4v) is 5.03. The predicted octanol–water partition coefficient (Wildman–Crippen LogP) is 3.18. The molecule has 0 amide bonds. The standard InChI is InChI=1S/C28H35N9O2/c1-7-14-35-27(39)23-15-29-28(31-26(23)37(35)24-12-13-25(38)36(32-24)18(2)3)30-21-8-10-22(11-9-21)34-17-19(4)33(6)16-20(34)5/h7-13,15,18-20H,1,14,16-17H2,2-6H3,(H,29,30,31)/t19-,20+/m0/s1. The number of fused-ring (bicyclic) bond motifs is 1. The highest BCUT2D eigenvalue weighted by Gasteiger charge is 2.26. The lowest BCUT2D eigenvalue weighted by Gasteiger charge is -2.43. The van der Waals surface area contributed by atoms with E-state index >= 15 is 0 Å². The maximum Gasteiger partial charge on any atom is 0.278 e. The highest BCUT2D eigenvalue weighted by molar-refractivity contribution is 5.77. The topological polar surface area (TPSA) is 106 Å². The molecule has 1 fully saturated rings. The first-order valence-electron chi connectivity index (χ1n) is 13.2. The summed E-state index contributed by atoms with van der Waals surface area (Å²) >= 11 is 0. The molecular formula is C28H35N9O2. The summed E-state index contributed by atoms with van der Waals surface area (Å²) in [6.45, 7) is 14.3. The van der Waals surface area contributed by atoms with Gasteiger partial charge < -0.3 is 10.2 Å². The molecule has 11 heteroatoms. The Hall–Kier alpha value is -4.25. The number of likely N-dealkylation sites (N-methyl/N-ethyl adjacent to an activating group) is 1. The highest BCUT2D eigenvalue weighted by Crippen LogP contribution is 2.25. The zero-order chi connectivity index (χ0) is 27.8. The molecule has 0 aliphatic carbocycles. The van der Waals surface area contributed by atoms with Crippen LogP contribution in [0.2, 0.25) is 0 Å². The molecule has 0 bridgehead atoms. The van der Waals surface area contributed by atoms with E-state index in [1.807, 2.05) is 26.0 Å². The van der Waals surface area contributed by atoms with Gasteiger partial charge in [0, 0.05) is 48.8 Å². The number of hydrogen-bond acceptors (Lipinski definition) is 8. The van der Waals surface area contributed by atoms with Gasteiger partial charge in [-0.1, -0.05) is 6.08 Å². The molecule has 1 aliphatic rings. The number of rotatable bonds is 7. The van der Waals surface area contributed by atoms with Crippen LogP contribution in [0.1, 0.15) is 33.7 Å². The van der Waals surface area contributed by atoms with Crippen molar-refractivity contribution >= 4 is 28.4 Å². The second kappa shape index (κ2) is 10.5. The summed E-state index contributed by atoms with van der Waals surface area (Å²) in [5.74, 6) is 0.750. The average Bonchev–Trinajstić information content (AvgIpc) is 3.18. The molecule has 5 rings (SSSR count). The highest BCUT2D eigenvalue weighted by atomic mass is 16.1. The van der Waals surface area contributed by atoms with Crippen LogP contribution >= 0.6 is 0 Å². The third kappa shape index (κ3) is 4.97. The van der Waals surface area contributed by atoms with E-state index in [1.165, 1.54) is 27.3 Å². The summed E-state index contributed by atoms with van der Waals surface area (Å²) in [4.78, 5) is 39.5. The first kappa shape index (κ1) is 26.4. The molecule has 4 heterocycles. The lowest BCUT2D eigenvalue weighted by molar-refractivity contribution is 0.206. The third-order valence-electron chi connectivity index (χ3n) is 7.25. The van der Waals surface area contributed by atoms with Gasteiger partial charge >= 0.3 is 0 Å². The lowest BCUT2D eigenvalue weighted by atomic mass is 10.1. The largest absolute Gasteiger partial charge is 0.366 e. The third-order valence-corrected chi connectivity index (χ3v) is 7.25. The van der Waals surface area contributed by atoms with Crippen LogP contribution in [0.5, 0.6) is 0 Å². The van der Waals surface area contributed by atoms with Crippen molar-refractivity contribution in [2.75, 3.05) is 30.4 Å². The Morgan fingerprint density at radius 2 is 1.82 bits per heavy atom. The fraction of sp³-hybridized carbons (Fsp3) is 0.393. The fourth-order valence-electron chi connectivity index (χ4n) is 5.03. The molecule has 0 spiro atoms. The zero-order valence-electron chi connectivity index (χ0n) is 23.1. The summed E-state index contributed by atoms with van der Waals surface area (Å²) in [5.41, 5.74) is 1.91. The smallest absolute Gasteiger partial charge is 0.278 e. The van der Waals surface area contributed by atoms with E-state index in [2.05, 4.69) is 64.8 Å². The van der Waals surface area contributed by atoms with Crippen LogP contribution in [-0.2, 0) is 6.54 Å². The summed E-state index contributed by atoms with van der Waals surface area (Å²) in [5, 5.41) is 8.13. The van der Waals surface area contributed by atoms with Crippen LogP contribution in [0.3, 0.4) is 0 Å². The molecule has 1 aromatic carbocycles. The van der Waals surface area contributed by atoms with Crippen molar-refractivity contribution in [3.8, 4) is 5.82 Å². The van der Waals surface area contributed by atoms with Gasteiger partial charge in [-0.05, 0) is 65.1 Å². The van der Waals surface area contributed by atoms with Crippen molar-refractivity contribution < 1.29 is 0 Å². The minimum absolute atomic E-state index is 0.147. The molecule has 4 aromatic rings. The van der Waals surface area contributed by atoms with E-state index in [0.29, 0.717) is 34.9 Å². The van der Waals surface area contributed by atoms with E-state index in [9.17, 15) is 9.59 Å². The maximum absolute atomic E-state index is 13.2. The summed E-state index contributed by atoms with van der Waals surface area (Å²) in [6.07, 6.45) is 3.15. The number of nitrogens with zero attached hydrogens (tertiary/aromatic N) is 8. The van der Waals surface area contributed by atoms with Crippen LogP contribution in [-0.4, -0.2) is 66.2 Å². The number of anilines is 3. The van der Waals surface area contributed by atoms with Crippen LogP contribution in [0.25, 0.3) is 16.9 Å². The van der Waals surface area contributed by atoms with Gasteiger partial charge in [0.1, 0.15) is 5.39 Å². The van der Waals surface area contributed by atoms with E-state index < -0.39 is 0 Å². The molecule has 0 radical (unpaired) electrons. The molecule has 0 unspecified atom stereocenters. The quantitative estimate of drug-likeness (QED) is 0.364. The van der Waals surface area contributed by atoms with Gasteiger partial charge in [-0.3, -0.25) is 14.5 Å². The van der Waals surface area contributed by atoms with Crippen molar-refractivity contribution in [1.82, 2.24) is 34.0 Å². The van der Waals surface area contributed by atoms with Gasteiger partial charge in [-0.15, -0.1) is 11.7 Å². The van der Waals surface area contributed by atoms with E-state index in [1.54, 1.807) is 16.8 Å². The first-order valence-corrected chi connectivity index (χ1v) is 13.2. The molecular weight excluding hydrogens is 494 g/mol. The molecule has 1 N–H and O–H groups in total. The van der Waals surface area contributed by atoms with Crippen molar-refractivity contribution in [2.24, 2.45) is 0 Å². The number of allylic oxidation sites excluding steroid dienone is 1. The molecule has 2 atom stereocenters. The Balaban J connectivity index is 1.50. The summed E-state index contributed by atoms with van der Waals surface area (Å²) in [7, 11) is 2.17. The van der Waals surface area contributed by atoms with Crippen molar-refractivity contribution in [3.05, 3.63) is 76.0 Å². The second-order valence-corrected chi connectivity index (χ2v) is 10.4. The number of piperazine rings is 1. The van der Waals surface area contributed by atoms with Crippen LogP contribution < -0.4 is 21.3 Å². The number of aromatic nitrogens is 6. The Morgan fingerprint density at radius 1 is 1.08 bits per heavy atom. The maximum atomic E-state index is 13.2. The van der Waals surface area contributed by atoms with Crippen LogP contribution in [0.4, 0.5) is 17.3 Å². The zero-order valence-corrected chi connectivity index (χ0v) is 23.1. The molecule has 39 heavy (non-hydrogen) atoms. The number of benzene rings is 1. The number of hydrogen-bond donors (Lipinski definition) is 1. The van der Waals surface area contributed by atoms with E-state index in [0.717, 1.165) is 18.8 Å². The molecule has 204 valence electrons. The van der Waals surface area contributed by atoms with Gasteiger partial charge in [0.15, 0.2) is 11.5 Å². The van der Waals surface area contributed by atoms with E-state index in [-0.39, 0.29) is 23.7 Å². The van der Waals surface area contributed by atoms with Gasteiger partial charge in [-0.2, -0.15) is 4.98 Å².